The Kier molecular flexibility index (Phi) is 6.70. The fraction of sp³-hybridized carbons (Fsp3) is 0.103. The number of primary amides is 1. The Hall–Kier alpha value is -4.49. The molecule has 1 aromatic heterocycles. The Morgan fingerprint density at radius 1 is 0.973 bits per heavy atom. The number of nitrogens with one attached hydrogen (secondary N) is 1. The van der Waals surface area contributed by atoms with Gasteiger partial charge in [0.1, 0.15) is 0 Å². The second kappa shape index (κ2) is 10.2. The average molecular weight is 512 g/mol. The van der Waals surface area contributed by atoms with Crippen molar-refractivity contribution < 1.29 is 19.1 Å². The Balaban J connectivity index is 1.39. The quantitative estimate of drug-likeness (QED) is 0.342. The van der Waals surface area contributed by atoms with Crippen molar-refractivity contribution in [1.82, 2.24) is 4.98 Å². The van der Waals surface area contributed by atoms with Crippen molar-refractivity contribution in [2.45, 2.75) is 12.8 Å². The van der Waals surface area contributed by atoms with Gasteiger partial charge >= 0.3 is 5.97 Å². The van der Waals surface area contributed by atoms with Gasteiger partial charge in [-0.2, -0.15) is 0 Å². The third kappa shape index (κ3) is 5.22. The van der Waals surface area contributed by atoms with E-state index in [9.17, 15) is 14.4 Å². The van der Waals surface area contributed by atoms with Crippen molar-refractivity contribution in [3.8, 4) is 0 Å². The summed E-state index contributed by atoms with van der Waals surface area (Å²) in [7, 11) is 0. The molecule has 0 aliphatic heterocycles. The van der Waals surface area contributed by atoms with Crippen LogP contribution in [-0.4, -0.2) is 29.4 Å². The minimum absolute atomic E-state index is 0.326. The van der Waals surface area contributed by atoms with Crippen LogP contribution in [0, 0.1) is 0 Å². The van der Waals surface area contributed by atoms with E-state index in [0.29, 0.717) is 39.2 Å². The second-order valence-electron chi connectivity index (χ2n) is 8.62. The predicted octanol–water partition coefficient (Wildman–Crippen LogP) is 5.27. The Morgan fingerprint density at radius 3 is 2.43 bits per heavy atom. The number of amides is 2. The SMILES string of the molecule is NC(=O)c1ccc(NC(=O)COC(=O)c2c3c(nc4ccccc24)C(=Cc2ccc(Cl)cc2)CC3)cc1. The van der Waals surface area contributed by atoms with Crippen LogP contribution in [0.3, 0.4) is 0 Å². The molecule has 3 aromatic carbocycles. The van der Waals surface area contributed by atoms with Gasteiger partial charge in [-0.25, -0.2) is 9.78 Å². The van der Waals surface area contributed by atoms with Crippen LogP contribution in [0.1, 0.15) is 44.0 Å². The maximum atomic E-state index is 13.3. The summed E-state index contributed by atoms with van der Waals surface area (Å²) >= 11 is 6.02. The number of pyridine rings is 1. The van der Waals surface area contributed by atoms with E-state index in [1.807, 2.05) is 48.5 Å². The number of nitrogens with zero attached hydrogens (tertiary/aromatic N) is 1. The fourth-order valence-electron chi connectivity index (χ4n) is 4.39. The molecule has 4 aromatic rings. The van der Waals surface area contributed by atoms with Crippen LogP contribution >= 0.6 is 11.6 Å². The number of halogens is 1. The molecule has 1 aliphatic carbocycles. The molecule has 0 atom stereocenters. The molecule has 37 heavy (non-hydrogen) atoms. The number of hydrogen-bond acceptors (Lipinski definition) is 5. The zero-order valence-corrected chi connectivity index (χ0v) is 20.4. The van der Waals surface area contributed by atoms with E-state index in [-0.39, 0.29) is 0 Å². The van der Waals surface area contributed by atoms with E-state index >= 15 is 0 Å². The molecule has 0 fully saturated rings. The van der Waals surface area contributed by atoms with E-state index in [1.54, 1.807) is 12.1 Å². The molecule has 0 saturated carbocycles. The molecule has 2 amide bonds. The highest BCUT2D eigenvalue weighted by Gasteiger charge is 2.28. The summed E-state index contributed by atoms with van der Waals surface area (Å²) in [5.41, 5.74) is 10.7. The molecule has 8 heteroatoms. The topological polar surface area (TPSA) is 111 Å². The molecular weight excluding hydrogens is 490 g/mol. The first kappa shape index (κ1) is 24.2. The van der Waals surface area contributed by atoms with Crippen LogP contribution in [-0.2, 0) is 16.0 Å². The van der Waals surface area contributed by atoms with Crippen molar-refractivity contribution in [2.24, 2.45) is 5.73 Å². The highest BCUT2D eigenvalue weighted by Crippen LogP contribution is 2.37. The number of para-hydroxylation sites is 1. The smallest absolute Gasteiger partial charge is 0.339 e. The lowest BCUT2D eigenvalue weighted by molar-refractivity contribution is -0.119. The van der Waals surface area contributed by atoms with Gasteiger partial charge in [-0.1, -0.05) is 41.9 Å². The molecule has 1 heterocycles. The number of rotatable bonds is 6. The number of carbonyl (C=O) groups is 3. The molecule has 5 rings (SSSR count). The number of benzene rings is 3. The number of fused-ring (bicyclic) bond motifs is 2. The maximum Gasteiger partial charge on any atom is 0.339 e. The van der Waals surface area contributed by atoms with E-state index in [4.69, 9.17) is 27.1 Å². The van der Waals surface area contributed by atoms with Gasteiger partial charge in [0.05, 0.1) is 16.8 Å². The van der Waals surface area contributed by atoms with Gasteiger partial charge in [0.2, 0.25) is 5.91 Å². The molecule has 0 radical (unpaired) electrons. The van der Waals surface area contributed by atoms with Crippen LogP contribution in [0.2, 0.25) is 5.02 Å². The van der Waals surface area contributed by atoms with Crippen LogP contribution in [0.25, 0.3) is 22.6 Å². The summed E-state index contributed by atoms with van der Waals surface area (Å²) < 4.78 is 5.44. The summed E-state index contributed by atoms with van der Waals surface area (Å²) in [5, 5.41) is 3.99. The number of allylic oxidation sites excluding steroid dienone is 1. The first-order valence-electron chi connectivity index (χ1n) is 11.6. The summed E-state index contributed by atoms with van der Waals surface area (Å²) in [5.74, 6) is -1.64. The Labute approximate surface area is 217 Å². The zero-order valence-electron chi connectivity index (χ0n) is 19.7. The van der Waals surface area contributed by atoms with Gasteiger partial charge in [0.15, 0.2) is 6.61 Å². The lowest BCUT2D eigenvalue weighted by Crippen LogP contribution is -2.22. The second-order valence-corrected chi connectivity index (χ2v) is 9.05. The number of ether oxygens (including phenoxy) is 1. The molecule has 0 saturated heterocycles. The third-order valence-corrected chi connectivity index (χ3v) is 6.40. The standard InChI is InChI=1S/C29H22ClN3O4/c30-20-10-5-17(6-11-20)15-19-9-14-23-26(22-3-1-2-4-24(22)33-27(19)23)29(36)37-16-25(34)32-21-12-7-18(8-13-21)28(31)35/h1-8,10-13,15H,9,14,16H2,(H2,31,35)(H,32,34). The zero-order chi connectivity index (χ0) is 25.9. The van der Waals surface area contributed by atoms with Gasteiger partial charge in [0, 0.05) is 21.7 Å². The molecule has 0 spiro atoms. The molecule has 3 N–H and O–H groups in total. The van der Waals surface area contributed by atoms with Gasteiger partial charge in [-0.3, -0.25) is 9.59 Å². The number of anilines is 1. The maximum absolute atomic E-state index is 13.3. The lowest BCUT2D eigenvalue weighted by Gasteiger charge is -2.12. The van der Waals surface area contributed by atoms with Gasteiger partial charge in [0.25, 0.3) is 5.91 Å². The monoisotopic (exact) mass is 511 g/mol. The summed E-state index contributed by atoms with van der Waals surface area (Å²) in [4.78, 5) is 41.8. The van der Waals surface area contributed by atoms with Gasteiger partial charge < -0.3 is 15.8 Å². The van der Waals surface area contributed by atoms with E-state index in [1.165, 1.54) is 12.1 Å². The fourth-order valence-corrected chi connectivity index (χ4v) is 4.52. The first-order valence-corrected chi connectivity index (χ1v) is 12.0. The van der Waals surface area contributed by atoms with Crippen LogP contribution in [0.4, 0.5) is 5.69 Å². The summed E-state index contributed by atoms with van der Waals surface area (Å²) in [6.45, 7) is -0.463. The molecule has 7 nitrogen and oxygen atoms in total. The third-order valence-electron chi connectivity index (χ3n) is 6.14. The number of carbonyl (C=O) groups excluding carboxylic acids is 3. The molecule has 0 unspecified atom stereocenters. The Bertz CT molecular complexity index is 1560. The molecule has 184 valence electrons. The lowest BCUT2D eigenvalue weighted by atomic mass is 10.0. The van der Waals surface area contributed by atoms with E-state index in [0.717, 1.165) is 28.8 Å². The number of nitrogens with two attached hydrogens (primary N) is 1. The molecule has 1 aliphatic rings. The van der Waals surface area contributed by atoms with Gasteiger partial charge in [-0.05, 0) is 78.1 Å². The van der Waals surface area contributed by atoms with Crippen LogP contribution in [0.5, 0.6) is 0 Å². The highest BCUT2D eigenvalue weighted by atomic mass is 35.5. The van der Waals surface area contributed by atoms with Crippen molar-refractivity contribution in [3.05, 3.63) is 106 Å². The Morgan fingerprint density at radius 2 is 1.70 bits per heavy atom. The predicted molar refractivity (Wildman–Crippen MR) is 143 cm³/mol. The normalized spacial score (nSPS) is 13.4. The van der Waals surface area contributed by atoms with E-state index in [2.05, 4.69) is 11.4 Å². The largest absolute Gasteiger partial charge is 0.452 e. The van der Waals surface area contributed by atoms with Crippen LogP contribution < -0.4 is 11.1 Å². The minimum Gasteiger partial charge on any atom is -0.452 e. The number of esters is 1. The van der Waals surface area contributed by atoms with Crippen molar-refractivity contribution >= 4 is 57.6 Å². The molecule has 0 bridgehead atoms. The minimum atomic E-state index is -0.582. The summed E-state index contributed by atoms with van der Waals surface area (Å²) in [6, 6.07) is 21.0. The highest BCUT2D eigenvalue weighted by molar-refractivity contribution is 6.30. The molecular formula is C29H22ClN3O4. The number of hydrogen-bond donors (Lipinski definition) is 2. The summed E-state index contributed by atoms with van der Waals surface area (Å²) in [6.07, 6.45) is 3.41. The van der Waals surface area contributed by atoms with Gasteiger partial charge in [-0.15, -0.1) is 0 Å². The van der Waals surface area contributed by atoms with Crippen molar-refractivity contribution in [1.29, 1.82) is 0 Å². The van der Waals surface area contributed by atoms with Crippen molar-refractivity contribution in [3.63, 3.8) is 0 Å². The number of aromatic nitrogens is 1. The van der Waals surface area contributed by atoms with Crippen LogP contribution in [0.15, 0.2) is 72.8 Å². The van der Waals surface area contributed by atoms with Crippen molar-refractivity contribution in [2.75, 3.05) is 11.9 Å². The van der Waals surface area contributed by atoms with E-state index < -0.39 is 24.4 Å². The average Bonchev–Trinajstić information content (AvgIpc) is 3.29. The first-order chi connectivity index (χ1) is 17.9.